The van der Waals surface area contributed by atoms with E-state index in [2.05, 4.69) is 50.1 Å². The maximum atomic E-state index is 9.14. The van der Waals surface area contributed by atoms with Crippen LogP contribution in [0.4, 0.5) is 23.1 Å². The summed E-state index contributed by atoms with van der Waals surface area (Å²) in [5.41, 5.74) is 4.41. The van der Waals surface area contributed by atoms with Gasteiger partial charge in [-0.15, -0.1) is 5.10 Å². The van der Waals surface area contributed by atoms with Crippen LogP contribution in [0, 0.1) is 25.2 Å². The van der Waals surface area contributed by atoms with E-state index in [-0.39, 0.29) is 0 Å². The largest absolute Gasteiger partial charge is 0.339 e. The van der Waals surface area contributed by atoms with Gasteiger partial charge in [0.05, 0.1) is 17.4 Å². The second-order valence-electron chi connectivity index (χ2n) is 5.39. The summed E-state index contributed by atoms with van der Waals surface area (Å²) in [6, 6.07) is 15.5. The number of nitrogens with zero attached hydrogens (tertiary/aromatic N) is 4. The molecule has 2 aromatic carbocycles. The number of hydrogen-bond donors (Lipinski definition) is 2. The number of aromatic nitrogens is 3. The Morgan fingerprint density at radius 1 is 1.00 bits per heavy atom. The molecule has 0 amide bonds. The van der Waals surface area contributed by atoms with Crippen molar-refractivity contribution in [1.82, 2.24) is 15.2 Å². The van der Waals surface area contributed by atoms with Crippen LogP contribution in [-0.4, -0.2) is 15.2 Å². The number of anilines is 4. The van der Waals surface area contributed by atoms with Gasteiger partial charge in [-0.3, -0.25) is 0 Å². The lowest BCUT2D eigenvalue weighted by molar-refractivity contribution is 0.982. The second kappa shape index (κ2) is 6.75. The summed E-state index contributed by atoms with van der Waals surface area (Å²) in [5.74, 6) is 0.906. The highest BCUT2D eigenvalue weighted by Crippen LogP contribution is 2.22. The van der Waals surface area contributed by atoms with E-state index >= 15 is 0 Å². The number of hydrogen-bond acceptors (Lipinski definition) is 6. The van der Waals surface area contributed by atoms with Crippen molar-refractivity contribution in [2.24, 2.45) is 0 Å². The predicted octanol–water partition coefficient (Wildman–Crippen LogP) is 3.85. The summed E-state index contributed by atoms with van der Waals surface area (Å²) in [6.07, 6.45) is 1.56. The Balaban J connectivity index is 1.84. The molecule has 24 heavy (non-hydrogen) atoms. The van der Waals surface area contributed by atoms with Gasteiger partial charge < -0.3 is 10.6 Å². The third kappa shape index (κ3) is 3.47. The first kappa shape index (κ1) is 15.4. The van der Waals surface area contributed by atoms with Crippen molar-refractivity contribution < 1.29 is 0 Å². The SMILES string of the molecule is Cc1ccc(C)c(Nc2cnnc(Nc3ccccc3C#N)n2)c1. The Morgan fingerprint density at radius 2 is 1.83 bits per heavy atom. The molecule has 1 heterocycles. The van der Waals surface area contributed by atoms with Crippen LogP contribution in [0.3, 0.4) is 0 Å². The Hall–Kier alpha value is -3.46. The van der Waals surface area contributed by atoms with Crippen LogP contribution in [0.2, 0.25) is 0 Å². The van der Waals surface area contributed by atoms with Crippen LogP contribution in [0.5, 0.6) is 0 Å². The molecule has 6 heteroatoms. The molecule has 0 saturated heterocycles. The third-order valence-corrected chi connectivity index (χ3v) is 3.51. The standard InChI is InChI=1S/C18H16N6/c1-12-7-8-13(2)16(9-12)21-17-11-20-24-18(23-17)22-15-6-4-3-5-14(15)10-19/h3-9,11H,1-2H3,(H2,21,22,23,24). The number of nitriles is 1. The normalized spacial score (nSPS) is 10.0. The minimum absolute atomic E-state index is 0.327. The fourth-order valence-electron chi connectivity index (χ4n) is 2.24. The maximum Gasteiger partial charge on any atom is 0.249 e. The fourth-order valence-corrected chi connectivity index (χ4v) is 2.24. The molecule has 0 aliphatic rings. The van der Waals surface area contributed by atoms with Gasteiger partial charge in [0.25, 0.3) is 0 Å². The van der Waals surface area contributed by atoms with E-state index in [1.165, 1.54) is 0 Å². The van der Waals surface area contributed by atoms with E-state index in [0.29, 0.717) is 23.0 Å². The molecule has 0 spiro atoms. The first-order chi connectivity index (χ1) is 11.7. The monoisotopic (exact) mass is 316 g/mol. The molecular weight excluding hydrogens is 300 g/mol. The Kier molecular flexibility index (Phi) is 4.34. The van der Waals surface area contributed by atoms with Gasteiger partial charge in [0, 0.05) is 5.69 Å². The van der Waals surface area contributed by atoms with Gasteiger partial charge in [-0.1, -0.05) is 24.3 Å². The van der Waals surface area contributed by atoms with Crippen molar-refractivity contribution in [2.45, 2.75) is 13.8 Å². The first-order valence-corrected chi connectivity index (χ1v) is 7.46. The molecular formula is C18H16N6. The highest BCUT2D eigenvalue weighted by Gasteiger charge is 2.06. The predicted molar refractivity (Wildman–Crippen MR) is 93.5 cm³/mol. The van der Waals surface area contributed by atoms with E-state index in [9.17, 15) is 0 Å². The molecule has 2 N–H and O–H groups in total. The topological polar surface area (TPSA) is 86.5 Å². The molecule has 6 nitrogen and oxygen atoms in total. The lowest BCUT2D eigenvalue weighted by atomic mass is 10.1. The first-order valence-electron chi connectivity index (χ1n) is 7.46. The molecule has 0 aliphatic carbocycles. The molecule has 0 bridgehead atoms. The molecule has 0 unspecified atom stereocenters. The summed E-state index contributed by atoms with van der Waals surface area (Å²) in [6.45, 7) is 4.06. The third-order valence-electron chi connectivity index (χ3n) is 3.51. The highest BCUT2D eigenvalue weighted by atomic mass is 15.3. The van der Waals surface area contributed by atoms with E-state index in [1.807, 2.05) is 19.9 Å². The van der Waals surface area contributed by atoms with Crippen LogP contribution >= 0.6 is 0 Å². The zero-order valence-corrected chi connectivity index (χ0v) is 13.4. The summed E-state index contributed by atoms with van der Waals surface area (Å²) in [7, 11) is 0. The lowest BCUT2D eigenvalue weighted by Crippen LogP contribution is -2.04. The molecule has 0 saturated carbocycles. The zero-order chi connectivity index (χ0) is 16.9. The number of aryl methyl sites for hydroxylation is 2. The van der Waals surface area contributed by atoms with Gasteiger partial charge in [0.1, 0.15) is 6.07 Å². The summed E-state index contributed by atoms with van der Waals surface area (Å²) in [5, 5.41) is 23.4. The number of benzene rings is 2. The zero-order valence-electron chi connectivity index (χ0n) is 13.4. The van der Waals surface area contributed by atoms with Gasteiger partial charge in [0.2, 0.25) is 5.95 Å². The van der Waals surface area contributed by atoms with Crippen LogP contribution in [0.15, 0.2) is 48.7 Å². The average molecular weight is 316 g/mol. The van der Waals surface area contributed by atoms with Crippen molar-refractivity contribution in [2.75, 3.05) is 10.6 Å². The van der Waals surface area contributed by atoms with Crippen molar-refractivity contribution in [3.8, 4) is 6.07 Å². The van der Waals surface area contributed by atoms with Crippen LogP contribution in [-0.2, 0) is 0 Å². The quantitative estimate of drug-likeness (QED) is 0.760. The van der Waals surface area contributed by atoms with E-state index < -0.39 is 0 Å². The van der Waals surface area contributed by atoms with E-state index in [0.717, 1.165) is 16.8 Å². The molecule has 1 aromatic heterocycles. The van der Waals surface area contributed by atoms with Crippen molar-refractivity contribution in [1.29, 1.82) is 5.26 Å². The van der Waals surface area contributed by atoms with Crippen molar-refractivity contribution in [3.05, 3.63) is 65.4 Å². The molecule has 0 atom stereocenters. The maximum absolute atomic E-state index is 9.14. The van der Waals surface area contributed by atoms with Gasteiger partial charge in [-0.2, -0.15) is 15.3 Å². The minimum Gasteiger partial charge on any atom is -0.339 e. The van der Waals surface area contributed by atoms with Crippen LogP contribution < -0.4 is 10.6 Å². The molecule has 0 radical (unpaired) electrons. The molecule has 0 fully saturated rings. The summed E-state index contributed by atoms with van der Waals surface area (Å²) in [4.78, 5) is 4.40. The van der Waals surface area contributed by atoms with Crippen LogP contribution in [0.1, 0.15) is 16.7 Å². The highest BCUT2D eigenvalue weighted by molar-refractivity contribution is 5.65. The minimum atomic E-state index is 0.327. The smallest absolute Gasteiger partial charge is 0.249 e. The Bertz CT molecular complexity index is 913. The number of para-hydroxylation sites is 1. The van der Waals surface area contributed by atoms with Gasteiger partial charge in [-0.25, -0.2) is 0 Å². The van der Waals surface area contributed by atoms with Crippen molar-refractivity contribution in [3.63, 3.8) is 0 Å². The number of rotatable bonds is 4. The fraction of sp³-hybridized carbons (Fsp3) is 0.111. The van der Waals surface area contributed by atoms with Crippen molar-refractivity contribution >= 4 is 23.1 Å². The van der Waals surface area contributed by atoms with Gasteiger partial charge >= 0.3 is 0 Å². The lowest BCUT2D eigenvalue weighted by Gasteiger charge is -2.11. The van der Waals surface area contributed by atoms with E-state index in [4.69, 9.17) is 5.26 Å². The average Bonchev–Trinajstić information content (AvgIpc) is 2.59. The van der Waals surface area contributed by atoms with Crippen LogP contribution in [0.25, 0.3) is 0 Å². The summed E-state index contributed by atoms with van der Waals surface area (Å²) >= 11 is 0. The van der Waals surface area contributed by atoms with E-state index in [1.54, 1.807) is 24.4 Å². The Morgan fingerprint density at radius 3 is 2.67 bits per heavy atom. The molecule has 118 valence electrons. The second-order valence-corrected chi connectivity index (χ2v) is 5.39. The summed E-state index contributed by atoms with van der Waals surface area (Å²) < 4.78 is 0. The van der Waals surface area contributed by atoms with Gasteiger partial charge in [-0.05, 0) is 43.2 Å². The molecule has 3 rings (SSSR count). The number of nitrogens with one attached hydrogen (secondary N) is 2. The molecule has 3 aromatic rings. The molecule has 0 aliphatic heterocycles. The van der Waals surface area contributed by atoms with Gasteiger partial charge in [0.15, 0.2) is 5.82 Å². The Labute approximate surface area is 140 Å².